The average Bonchev–Trinajstić information content (AvgIpc) is 2.81. The summed E-state index contributed by atoms with van der Waals surface area (Å²) in [7, 11) is 0. The number of fused-ring (bicyclic) bond motifs is 1. The Hall–Kier alpha value is -1.30. The minimum Gasteiger partial charge on any atom is -0.334 e. The highest BCUT2D eigenvalue weighted by molar-refractivity contribution is 7.98. The fourth-order valence-corrected chi connectivity index (χ4v) is 2.88. The first-order valence-corrected chi connectivity index (χ1v) is 7.38. The first-order valence-electron chi connectivity index (χ1n) is 5.40. The van der Waals surface area contributed by atoms with Gasteiger partial charge in [0.05, 0.1) is 15.6 Å². The van der Waals surface area contributed by atoms with Gasteiger partial charge >= 0.3 is 0 Å². The van der Waals surface area contributed by atoms with Crippen LogP contribution in [0.2, 0.25) is 10.0 Å². The topological polar surface area (TPSA) is 54.5 Å². The van der Waals surface area contributed by atoms with Crippen molar-refractivity contribution in [3.8, 4) is 11.4 Å². The number of nitrogens with zero attached hydrogens (tertiary/aromatic N) is 3. The Balaban J connectivity index is 2.27. The van der Waals surface area contributed by atoms with Crippen LogP contribution in [0.15, 0.2) is 29.6 Å². The molecule has 0 aliphatic carbocycles. The van der Waals surface area contributed by atoms with Crippen molar-refractivity contribution >= 4 is 46.1 Å². The van der Waals surface area contributed by atoms with Gasteiger partial charge in [0.15, 0.2) is 5.65 Å². The fraction of sp³-hybridized carbons (Fsp3) is 0.0833. The molecule has 0 saturated carbocycles. The molecule has 0 aliphatic rings. The lowest BCUT2D eigenvalue weighted by atomic mass is 10.2. The molecule has 3 rings (SSSR count). The zero-order valence-electron chi connectivity index (χ0n) is 9.82. The standard InChI is InChI=1S/C12H8Cl2N4S/c1-19-12-9-11(15-5-16-12)18-10(17-9)8-6(13)3-2-4-7(8)14/h2-5H,1H3,(H,15,16,17,18). The van der Waals surface area contributed by atoms with E-state index in [4.69, 9.17) is 23.2 Å². The van der Waals surface area contributed by atoms with Gasteiger partial charge in [0.25, 0.3) is 0 Å². The van der Waals surface area contributed by atoms with Crippen LogP contribution in [0.25, 0.3) is 22.6 Å². The molecule has 0 spiro atoms. The SMILES string of the molecule is CSc1ncnc2nc(-c3c(Cl)cccc3Cl)[nH]c12. The molecule has 1 aromatic carbocycles. The van der Waals surface area contributed by atoms with E-state index in [0.717, 1.165) is 10.5 Å². The summed E-state index contributed by atoms with van der Waals surface area (Å²) in [6.07, 6.45) is 3.44. The van der Waals surface area contributed by atoms with Gasteiger partial charge in [-0.3, -0.25) is 0 Å². The lowest BCUT2D eigenvalue weighted by Crippen LogP contribution is -1.84. The van der Waals surface area contributed by atoms with Crippen molar-refractivity contribution in [3.05, 3.63) is 34.6 Å². The normalized spacial score (nSPS) is 11.1. The predicted molar refractivity (Wildman–Crippen MR) is 78.9 cm³/mol. The van der Waals surface area contributed by atoms with Gasteiger partial charge < -0.3 is 4.98 Å². The van der Waals surface area contributed by atoms with Crippen LogP contribution in [0, 0.1) is 0 Å². The Morgan fingerprint density at radius 3 is 2.58 bits per heavy atom. The van der Waals surface area contributed by atoms with Crippen molar-refractivity contribution in [2.75, 3.05) is 6.26 Å². The van der Waals surface area contributed by atoms with Crippen LogP contribution in [0.1, 0.15) is 0 Å². The summed E-state index contributed by atoms with van der Waals surface area (Å²) in [5.74, 6) is 0.599. The molecule has 3 aromatic rings. The van der Waals surface area contributed by atoms with E-state index in [2.05, 4.69) is 19.9 Å². The summed E-state index contributed by atoms with van der Waals surface area (Å²) in [5, 5.41) is 1.93. The number of nitrogens with one attached hydrogen (secondary N) is 1. The third kappa shape index (κ3) is 2.18. The lowest BCUT2D eigenvalue weighted by Gasteiger charge is -2.02. The maximum Gasteiger partial charge on any atom is 0.182 e. The number of hydrogen-bond donors (Lipinski definition) is 1. The Labute approximate surface area is 123 Å². The van der Waals surface area contributed by atoms with Crippen molar-refractivity contribution in [1.29, 1.82) is 0 Å². The predicted octanol–water partition coefficient (Wildman–Crippen LogP) is 4.05. The smallest absolute Gasteiger partial charge is 0.182 e. The number of benzene rings is 1. The third-order valence-electron chi connectivity index (χ3n) is 2.65. The summed E-state index contributed by atoms with van der Waals surface area (Å²) in [6.45, 7) is 0. The molecular formula is C12H8Cl2N4S. The van der Waals surface area contributed by atoms with Crippen LogP contribution in [-0.4, -0.2) is 26.2 Å². The van der Waals surface area contributed by atoms with Gasteiger partial charge in [-0.2, -0.15) is 0 Å². The number of hydrogen-bond acceptors (Lipinski definition) is 4. The molecular weight excluding hydrogens is 303 g/mol. The maximum absolute atomic E-state index is 6.18. The molecule has 1 N–H and O–H groups in total. The summed E-state index contributed by atoms with van der Waals surface area (Å²) in [5.41, 5.74) is 2.07. The largest absolute Gasteiger partial charge is 0.334 e. The Morgan fingerprint density at radius 2 is 1.89 bits per heavy atom. The monoisotopic (exact) mass is 310 g/mol. The number of H-pyrrole nitrogens is 1. The van der Waals surface area contributed by atoms with E-state index in [-0.39, 0.29) is 0 Å². The second-order valence-corrected chi connectivity index (χ2v) is 5.37. The highest BCUT2D eigenvalue weighted by Gasteiger charge is 2.15. The summed E-state index contributed by atoms with van der Waals surface area (Å²) in [6, 6.07) is 5.35. The minimum atomic E-state index is 0.546. The van der Waals surface area contributed by atoms with Crippen molar-refractivity contribution in [3.63, 3.8) is 0 Å². The van der Waals surface area contributed by atoms with E-state index in [9.17, 15) is 0 Å². The van der Waals surface area contributed by atoms with E-state index in [0.29, 0.717) is 27.1 Å². The van der Waals surface area contributed by atoms with Gasteiger partial charge in [-0.1, -0.05) is 29.3 Å². The second kappa shape index (κ2) is 5.00. The molecule has 19 heavy (non-hydrogen) atoms. The highest BCUT2D eigenvalue weighted by atomic mass is 35.5. The van der Waals surface area contributed by atoms with Crippen molar-refractivity contribution < 1.29 is 0 Å². The molecule has 0 saturated heterocycles. The molecule has 96 valence electrons. The van der Waals surface area contributed by atoms with Crippen molar-refractivity contribution in [2.45, 2.75) is 5.03 Å². The zero-order valence-corrected chi connectivity index (χ0v) is 12.1. The van der Waals surface area contributed by atoms with Gasteiger partial charge in [-0.15, -0.1) is 11.8 Å². The van der Waals surface area contributed by atoms with Gasteiger partial charge in [0.2, 0.25) is 0 Å². The third-order valence-corrected chi connectivity index (χ3v) is 3.97. The highest BCUT2D eigenvalue weighted by Crippen LogP contribution is 2.34. The van der Waals surface area contributed by atoms with Crippen molar-refractivity contribution in [1.82, 2.24) is 19.9 Å². The second-order valence-electron chi connectivity index (χ2n) is 3.76. The summed E-state index contributed by atoms with van der Waals surface area (Å²) in [4.78, 5) is 15.9. The summed E-state index contributed by atoms with van der Waals surface area (Å²) >= 11 is 13.9. The lowest BCUT2D eigenvalue weighted by molar-refractivity contribution is 1.09. The molecule has 0 fully saturated rings. The van der Waals surface area contributed by atoms with Crippen LogP contribution < -0.4 is 0 Å². The number of halogens is 2. The average molecular weight is 311 g/mol. The van der Waals surface area contributed by atoms with E-state index in [1.54, 1.807) is 18.2 Å². The quantitative estimate of drug-likeness (QED) is 0.573. The van der Waals surface area contributed by atoms with Crippen molar-refractivity contribution in [2.24, 2.45) is 0 Å². The van der Waals surface area contributed by atoms with E-state index < -0.39 is 0 Å². The van der Waals surface area contributed by atoms with Crippen LogP contribution in [-0.2, 0) is 0 Å². The zero-order chi connectivity index (χ0) is 13.4. The Bertz CT molecular complexity index is 736. The first-order chi connectivity index (χ1) is 9.20. The number of rotatable bonds is 2. The molecule has 4 nitrogen and oxygen atoms in total. The fourth-order valence-electron chi connectivity index (χ4n) is 1.80. The number of aromatic nitrogens is 4. The molecule has 7 heteroatoms. The molecule has 0 amide bonds. The van der Waals surface area contributed by atoms with Crippen LogP contribution in [0.4, 0.5) is 0 Å². The maximum atomic E-state index is 6.18. The molecule has 0 unspecified atom stereocenters. The van der Waals surface area contributed by atoms with Crippen LogP contribution in [0.3, 0.4) is 0 Å². The Kier molecular flexibility index (Phi) is 3.35. The molecule has 2 heterocycles. The van der Waals surface area contributed by atoms with E-state index in [1.165, 1.54) is 18.1 Å². The van der Waals surface area contributed by atoms with Gasteiger partial charge in [0, 0.05) is 0 Å². The van der Waals surface area contributed by atoms with E-state index >= 15 is 0 Å². The molecule has 0 atom stereocenters. The summed E-state index contributed by atoms with van der Waals surface area (Å²) < 4.78 is 0. The minimum absolute atomic E-state index is 0.546. The molecule has 0 aliphatic heterocycles. The van der Waals surface area contributed by atoms with Crippen LogP contribution >= 0.6 is 35.0 Å². The number of imidazole rings is 1. The Morgan fingerprint density at radius 1 is 1.16 bits per heavy atom. The van der Waals surface area contributed by atoms with Crippen LogP contribution in [0.5, 0.6) is 0 Å². The molecule has 2 aromatic heterocycles. The van der Waals surface area contributed by atoms with Gasteiger partial charge in [-0.05, 0) is 18.4 Å². The van der Waals surface area contributed by atoms with Gasteiger partial charge in [0.1, 0.15) is 22.7 Å². The number of thioether (sulfide) groups is 1. The van der Waals surface area contributed by atoms with Gasteiger partial charge in [-0.25, -0.2) is 15.0 Å². The molecule has 0 bridgehead atoms. The molecule has 0 radical (unpaired) electrons. The van der Waals surface area contributed by atoms with E-state index in [1.807, 2.05) is 6.26 Å². The number of aromatic amines is 1. The first kappa shape index (κ1) is 12.7.